The number of halogens is 1. The topological polar surface area (TPSA) is 66.4 Å². The van der Waals surface area contributed by atoms with E-state index in [1.807, 2.05) is 6.08 Å². The molecule has 0 fully saturated rings. The Hall–Kier alpha value is -2.21. The summed E-state index contributed by atoms with van der Waals surface area (Å²) in [6, 6.07) is 0. The number of carboxylic acid groups (broad SMARTS) is 1. The van der Waals surface area contributed by atoms with Gasteiger partial charge in [-0.1, -0.05) is 32.9 Å². The number of nitrogens with one attached hydrogen (secondary N) is 1. The van der Waals surface area contributed by atoms with Gasteiger partial charge in [0.2, 0.25) is 0 Å². The molecule has 0 unspecified atom stereocenters. The van der Waals surface area contributed by atoms with Crippen LogP contribution in [0.5, 0.6) is 0 Å². The lowest BCUT2D eigenvalue weighted by Crippen LogP contribution is -2.20. The van der Waals surface area contributed by atoms with Crippen LogP contribution < -0.4 is 5.32 Å². The molecule has 0 saturated heterocycles. The smallest absolute Gasteiger partial charge is 0.339 e. The summed E-state index contributed by atoms with van der Waals surface area (Å²) in [5, 5.41) is 12.7. The first-order valence-electron chi connectivity index (χ1n) is 7.94. The maximum atomic E-state index is 14.3. The van der Waals surface area contributed by atoms with Crippen molar-refractivity contribution < 1.29 is 19.1 Å². The summed E-state index contributed by atoms with van der Waals surface area (Å²) in [6.45, 7) is 8.76. The van der Waals surface area contributed by atoms with Crippen LogP contribution in [0, 0.1) is 12.3 Å². The Balaban J connectivity index is 2.52. The van der Waals surface area contributed by atoms with E-state index in [9.17, 15) is 19.1 Å². The number of anilines is 1. The molecule has 1 aliphatic rings. The molecule has 1 heterocycles. The van der Waals surface area contributed by atoms with Crippen molar-refractivity contribution in [1.82, 2.24) is 0 Å². The van der Waals surface area contributed by atoms with Crippen LogP contribution in [-0.4, -0.2) is 16.9 Å². The molecule has 0 aromatic carbocycles. The van der Waals surface area contributed by atoms with E-state index in [0.717, 1.165) is 16.9 Å². The molecule has 0 amide bonds. The summed E-state index contributed by atoms with van der Waals surface area (Å²) in [5.41, 5.74) is 0.868. The van der Waals surface area contributed by atoms with Gasteiger partial charge in [0, 0.05) is 11.8 Å². The van der Waals surface area contributed by atoms with E-state index in [-0.39, 0.29) is 22.0 Å². The van der Waals surface area contributed by atoms with Gasteiger partial charge in [-0.2, -0.15) is 0 Å². The number of Topliss-reactive ketones (excluding diaryl/α,β-unsaturated/α-hetero) is 1. The van der Waals surface area contributed by atoms with Crippen molar-refractivity contribution in [3.05, 3.63) is 51.3 Å². The highest BCUT2D eigenvalue weighted by molar-refractivity contribution is 7.18. The van der Waals surface area contributed by atoms with E-state index in [1.165, 1.54) is 6.08 Å². The number of carbonyl (C=O) groups is 2. The van der Waals surface area contributed by atoms with Gasteiger partial charge in [0.25, 0.3) is 0 Å². The van der Waals surface area contributed by atoms with E-state index < -0.39 is 17.2 Å². The molecule has 1 aliphatic carbocycles. The monoisotopic (exact) mass is 363 g/mol. The third-order valence-corrected chi connectivity index (χ3v) is 5.06. The molecule has 1 aromatic rings. The van der Waals surface area contributed by atoms with Crippen LogP contribution in [0.4, 0.5) is 9.39 Å². The van der Waals surface area contributed by atoms with Gasteiger partial charge in [0.1, 0.15) is 10.8 Å². The molecule has 0 atom stereocenters. The van der Waals surface area contributed by atoms with Gasteiger partial charge in [-0.3, -0.25) is 4.79 Å². The van der Waals surface area contributed by atoms with Crippen LogP contribution in [0.1, 0.15) is 59.7 Å². The Labute approximate surface area is 150 Å². The number of aromatic carboxylic acids is 1. The van der Waals surface area contributed by atoms with E-state index in [4.69, 9.17) is 0 Å². The second kappa shape index (κ2) is 6.96. The molecular formula is C19H22FNO3S. The first-order chi connectivity index (χ1) is 11.5. The molecule has 0 spiro atoms. The number of thiophene rings is 1. The molecule has 4 nitrogen and oxygen atoms in total. The van der Waals surface area contributed by atoms with Gasteiger partial charge in [-0.25, -0.2) is 9.18 Å². The Morgan fingerprint density at radius 1 is 1.28 bits per heavy atom. The molecule has 2 N–H and O–H groups in total. The highest BCUT2D eigenvalue weighted by atomic mass is 32.1. The van der Waals surface area contributed by atoms with E-state index in [2.05, 4.69) is 5.32 Å². The number of carboxylic acids is 1. The summed E-state index contributed by atoms with van der Waals surface area (Å²) in [7, 11) is 0. The second-order valence-electron chi connectivity index (χ2n) is 7.09. The fraction of sp³-hybridized carbons (Fsp3) is 0.368. The summed E-state index contributed by atoms with van der Waals surface area (Å²) in [5.74, 6) is -1.70. The summed E-state index contributed by atoms with van der Waals surface area (Å²) < 4.78 is 14.3. The first-order valence-corrected chi connectivity index (χ1v) is 8.76. The van der Waals surface area contributed by atoms with Crippen LogP contribution in [0.25, 0.3) is 0 Å². The fourth-order valence-electron chi connectivity index (χ4n) is 2.46. The lowest BCUT2D eigenvalue weighted by atomic mass is 9.88. The molecule has 6 heteroatoms. The molecule has 2 rings (SSSR count). The van der Waals surface area contributed by atoms with Crippen molar-refractivity contribution in [1.29, 1.82) is 0 Å². The lowest BCUT2D eigenvalue weighted by molar-refractivity contribution is 0.0697. The Morgan fingerprint density at radius 3 is 2.48 bits per heavy atom. The molecule has 0 radical (unpaired) electrons. The Morgan fingerprint density at radius 2 is 1.92 bits per heavy atom. The van der Waals surface area contributed by atoms with Gasteiger partial charge < -0.3 is 10.4 Å². The summed E-state index contributed by atoms with van der Waals surface area (Å²) >= 11 is 1.07. The Kier molecular flexibility index (Phi) is 5.32. The van der Waals surface area contributed by atoms with Crippen LogP contribution in [0.15, 0.2) is 35.3 Å². The molecular weight excluding hydrogens is 341 g/mol. The van der Waals surface area contributed by atoms with Crippen LogP contribution in [-0.2, 0) is 0 Å². The summed E-state index contributed by atoms with van der Waals surface area (Å²) in [6.07, 6.45) is 5.33. The largest absolute Gasteiger partial charge is 0.478 e. The quantitative estimate of drug-likeness (QED) is 0.695. The number of allylic oxidation sites excluding steroid dienone is 5. The van der Waals surface area contributed by atoms with Gasteiger partial charge in [0.05, 0.1) is 16.1 Å². The molecule has 25 heavy (non-hydrogen) atoms. The molecule has 134 valence electrons. The van der Waals surface area contributed by atoms with Crippen molar-refractivity contribution in [3.63, 3.8) is 0 Å². The van der Waals surface area contributed by atoms with Crippen molar-refractivity contribution in [2.45, 2.75) is 41.0 Å². The zero-order valence-electron chi connectivity index (χ0n) is 15.0. The fourth-order valence-corrected chi connectivity index (χ4v) is 3.83. The molecule has 0 aliphatic heterocycles. The zero-order valence-corrected chi connectivity index (χ0v) is 15.8. The van der Waals surface area contributed by atoms with Gasteiger partial charge in [-0.05, 0) is 31.1 Å². The van der Waals surface area contributed by atoms with Crippen molar-refractivity contribution >= 4 is 28.1 Å². The standard InChI is InChI=1S/C19H22FNO3S/c1-10-7-6-8-13(12(20)9-10)21-17-14(18(23)24)11(2)15(25-17)16(22)19(3,4)5/h6-7,9,21H,8H2,1-5H3,(H,23,24). The van der Waals surface area contributed by atoms with E-state index >= 15 is 0 Å². The van der Waals surface area contributed by atoms with Crippen molar-refractivity contribution in [2.75, 3.05) is 5.32 Å². The minimum absolute atomic E-state index is 0.0202. The Bertz CT molecular complexity index is 822. The van der Waals surface area contributed by atoms with Gasteiger partial charge in [-0.15, -0.1) is 11.3 Å². The van der Waals surface area contributed by atoms with Crippen LogP contribution in [0.3, 0.4) is 0 Å². The maximum Gasteiger partial charge on any atom is 0.339 e. The maximum absolute atomic E-state index is 14.3. The van der Waals surface area contributed by atoms with Crippen LogP contribution in [0.2, 0.25) is 0 Å². The highest BCUT2D eigenvalue weighted by Gasteiger charge is 2.31. The molecule has 0 bridgehead atoms. The van der Waals surface area contributed by atoms with E-state index in [0.29, 0.717) is 16.9 Å². The van der Waals surface area contributed by atoms with Crippen molar-refractivity contribution in [3.8, 4) is 0 Å². The minimum Gasteiger partial charge on any atom is -0.478 e. The predicted molar refractivity (Wildman–Crippen MR) is 99.1 cm³/mol. The first kappa shape index (κ1) is 19.1. The number of hydrogen-bond donors (Lipinski definition) is 2. The predicted octanol–water partition coefficient (Wildman–Crippen LogP) is 5.48. The number of hydrogen-bond acceptors (Lipinski definition) is 4. The van der Waals surface area contributed by atoms with Crippen LogP contribution >= 0.6 is 11.3 Å². The molecule has 0 saturated carbocycles. The third kappa shape index (κ3) is 4.07. The summed E-state index contributed by atoms with van der Waals surface area (Å²) in [4.78, 5) is 24.7. The average molecular weight is 363 g/mol. The minimum atomic E-state index is -1.14. The second-order valence-corrected chi connectivity index (χ2v) is 8.11. The molecule has 1 aromatic heterocycles. The zero-order chi connectivity index (χ0) is 18.9. The number of ketones is 1. The van der Waals surface area contributed by atoms with E-state index in [1.54, 1.807) is 40.7 Å². The highest BCUT2D eigenvalue weighted by Crippen LogP contribution is 2.38. The number of carbonyl (C=O) groups excluding carboxylic acids is 1. The third-order valence-electron chi connectivity index (χ3n) is 3.86. The lowest BCUT2D eigenvalue weighted by Gasteiger charge is -2.15. The van der Waals surface area contributed by atoms with Crippen molar-refractivity contribution in [2.24, 2.45) is 5.41 Å². The SMILES string of the molecule is CC1=CC(F)=C(Nc2sc(C(=O)C(C)(C)C)c(C)c2C(=O)O)CC=C1. The number of rotatable bonds is 4. The van der Waals surface area contributed by atoms with Gasteiger partial charge >= 0.3 is 5.97 Å². The normalized spacial score (nSPS) is 15.0. The van der Waals surface area contributed by atoms with Gasteiger partial charge in [0.15, 0.2) is 5.78 Å². The average Bonchev–Trinajstić information content (AvgIpc) is 2.71.